The highest BCUT2D eigenvalue weighted by molar-refractivity contribution is 5.93. The van der Waals surface area contributed by atoms with Crippen molar-refractivity contribution >= 4 is 24.0 Å². The van der Waals surface area contributed by atoms with Crippen molar-refractivity contribution in [1.82, 2.24) is 5.32 Å². The molecule has 1 N–H and O–H groups in total. The number of hydrogen-bond donors (Lipinski definition) is 1. The summed E-state index contributed by atoms with van der Waals surface area (Å²) >= 11 is 0. The minimum Gasteiger partial charge on any atom is -0.378 e. The van der Waals surface area contributed by atoms with Gasteiger partial charge in [-0.15, -0.1) is 12.4 Å². The van der Waals surface area contributed by atoms with Gasteiger partial charge in [-0.3, -0.25) is 4.79 Å². The molecular formula is C14H20ClFN2O2. The molecule has 0 bridgehead atoms. The van der Waals surface area contributed by atoms with Crippen LogP contribution in [0.4, 0.5) is 10.1 Å². The third kappa shape index (κ3) is 4.44. The minimum atomic E-state index is -0.297. The predicted molar refractivity (Wildman–Crippen MR) is 78.9 cm³/mol. The van der Waals surface area contributed by atoms with E-state index in [2.05, 4.69) is 5.32 Å². The number of morpholine rings is 1. The molecule has 1 atom stereocenters. The van der Waals surface area contributed by atoms with Crippen LogP contribution in [0, 0.1) is 5.82 Å². The first kappa shape index (κ1) is 16.9. The largest absolute Gasteiger partial charge is 0.378 e. The third-order valence-electron chi connectivity index (χ3n) is 3.18. The van der Waals surface area contributed by atoms with Crippen LogP contribution in [-0.2, 0) is 9.53 Å². The van der Waals surface area contributed by atoms with E-state index >= 15 is 0 Å². The number of carbonyl (C=O) groups is 1. The molecule has 6 heteroatoms. The standard InChI is InChI=1S/C14H19FN2O2.ClH/c1-2-17(13-5-3-11(15)4-6-13)14(18)9-12-10-19-8-7-16-12;/h3-6,12,16H,2,7-10H2,1H3;1H. The summed E-state index contributed by atoms with van der Waals surface area (Å²) in [6.07, 6.45) is 0.394. The molecule has 0 radical (unpaired) electrons. The average molecular weight is 303 g/mol. The van der Waals surface area contributed by atoms with Crippen molar-refractivity contribution < 1.29 is 13.9 Å². The average Bonchev–Trinajstić information content (AvgIpc) is 2.43. The second-order valence-corrected chi connectivity index (χ2v) is 4.54. The number of anilines is 1. The molecule has 0 aliphatic carbocycles. The lowest BCUT2D eigenvalue weighted by Crippen LogP contribution is -2.45. The maximum atomic E-state index is 12.9. The summed E-state index contributed by atoms with van der Waals surface area (Å²) in [7, 11) is 0. The fourth-order valence-corrected chi connectivity index (χ4v) is 2.20. The summed E-state index contributed by atoms with van der Waals surface area (Å²) < 4.78 is 18.2. The van der Waals surface area contributed by atoms with E-state index in [1.165, 1.54) is 12.1 Å². The number of ether oxygens (including phenoxy) is 1. The second kappa shape index (κ2) is 8.19. The van der Waals surface area contributed by atoms with Gasteiger partial charge in [0.05, 0.1) is 13.2 Å². The molecule has 1 unspecified atom stereocenters. The Morgan fingerprint density at radius 3 is 2.70 bits per heavy atom. The van der Waals surface area contributed by atoms with E-state index in [9.17, 15) is 9.18 Å². The van der Waals surface area contributed by atoms with E-state index in [1.54, 1.807) is 17.0 Å². The van der Waals surface area contributed by atoms with Crippen molar-refractivity contribution in [3.63, 3.8) is 0 Å². The molecule has 1 fully saturated rings. The topological polar surface area (TPSA) is 41.6 Å². The smallest absolute Gasteiger partial charge is 0.228 e. The Kier molecular flexibility index (Phi) is 6.91. The number of benzene rings is 1. The van der Waals surface area contributed by atoms with E-state index in [0.29, 0.717) is 26.2 Å². The van der Waals surface area contributed by atoms with Crippen LogP contribution in [0.1, 0.15) is 13.3 Å². The van der Waals surface area contributed by atoms with Gasteiger partial charge in [0, 0.05) is 31.2 Å². The minimum absolute atomic E-state index is 0. The number of nitrogens with zero attached hydrogens (tertiary/aromatic N) is 1. The van der Waals surface area contributed by atoms with Gasteiger partial charge in [-0.05, 0) is 31.2 Å². The van der Waals surface area contributed by atoms with Gasteiger partial charge < -0.3 is 15.0 Å². The lowest BCUT2D eigenvalue weighted by atomic mass is 10.1. The molecule has 1 saturated heterocycles. The number of rotatable bonds is 4. The molecular weight excluding hydrogens is 283 g/mol. The lowest BCUT2D eigenvalue weighted by Gasteiger charge is -2.27. The highest BCUT2D eigenvalue weighted by Gasteiger charge is 2.21. The van der Waals surface area contributed by atoms with Gasteiger partial charge in [-0.1, -0.05) is 0 Å². The molecule has 112 valence electrons. The number of nitrogens with one attached hydrogen (secondary N) is 1. The van der Waals surface area contributed by atoms with Crippen molar-refractivity contribution in [2.45, 2.75) is 19.4 Å². The Morgan fingerprint density at radius 1 is 1.45 bits per heavy atom. The van der Waals surface area contributed by atoms with Crippen LogP contribution >= 0.6 is 12.4 Å². The first-order valence-electron chi connectivity index (χ1n) is 6.57. The summed E-state index contributed by atoms with van der Waals surface area (Å²) in [5.74, 6) is -0.272. The van der Waals surface area contributed by atoms with Crippen LogP contribution < -0.4 is 10.2 Å². The summed E-state index contributed by atoms with van der Waals surface area (Å²) in [6, 6.07) is 6.06. The number of amides is 1. The summed E-state index contributed by atoms with van der Waals surface area (Å²) in [5.41, 5.74) is 0.727. The lowest BCUT2D eigenvalue weighted by molar-refractivity contribution is -0.119. The van der Waals surface area contributed by atoms with Gasteiger partial charge in [0.1, 0.15) is 5.82 Å². The number of hydrogen-bond acceptors (Lipinski definition) is 3. The normalized spacial score (nSPS) is 18.2. The van der Waals surface area contributed by atoms with Crippen molar-refractivity contribution in [3.05, 3.63) is 30.1 Å². The zero-order valence-electron chi connectivity index (χ0n) is 11.5. The van der Waals surface area contributed by atoms with Gasteiger partial charge in [0.25, 0.3) is 0 Å². The molecule has 1 aromatic carbocycles. The molecule has 1 aliphatic rings. The van der Waals surface area contributed by atoms with E-state index in [1.807, 2.05) is 6.92 Å². The molecule has 1 heterocycles. The number of halogens is 2. The van der Waals surface area contributed by atoms with Gasteiger partial charge in [0.2, 0.25) is 5.91 Å². The molecule has 0 spiro atoms. The van der Waals surface area contributed by atoms with Crippen molar-refractivity contribution in [3.8, 4) is 0 Å². The van der Waals surface area contributed by atoms with Gasteiger partial charge in [-0.2, -0.15) is 0 Å². The van der Waals surface area contributed by atoms with E-state index in [-0.39, 0.29) is 30.2 Å². The third-order valence-corrected chi connectivity index (χ3v) is 3.18. The number of carbonyl (C=O) groups excluding carboxylic acids is 1. The fraction of sp³-hybridized carbons (Fsp3) is 0.500. The Hall–Kier alpha value is -1.17. The quantitative estimate of drug-likeness (QED) is 0.925. The van der Waals surface area contributed by atoms with Crippen LogP contribution in [-0.4, -0.2) is 38.3 Å². The molecule has 20 heavy (non-hydrogen) atoms. The van der Waals surface area contributed by atoms with E-state index < -0.39 is 0 Å². The van der Waals surface area contributed by atoms with Gasteiger partial charge in [0.15, 0.2) is 0 Å². The Morgan fingerprint density at radius 2 is 2.15 bits per heavy atom. The Bertz CT molecular complexity index is 422. The predicted octanol–water partition coefficient (Wildman–Crippen LogP) is 1.98. The maximum absolute atomic E-state index is 12.9. The van der Waals surface area contributed by atoms with E-state index in [4.69, 9.17) is 4.74 Å². The highest BCUT2D eigenvalue weighted by Crippen LogP contribution is 2.16. The summed E-state index contributed by atoms with van der Waals surface area (Å²) in [6.45, 7) is 4.51. The van der Waals surface area contributed by atoms with Crippen LogP contribution in [0.5, 0.6) is 0 Å². The zero-order chi connectivity index (χ0) is 13.7. The van der Waals surface area contributed by atoms with Gasteiger partial charge >= 0.3 is 0 Å². The molecule has 2 rings (SSSR count). The Labute approximate surface area is 124 Å². The molecule has 4 nitrogen and oxygen atoms in total. The molecule has 1 aromatic rings. The SMILES string of the molecule is CCN(C(=O)CC1COCCN1)c1ccc(F)cc1.Cl. The van der Waals surface area contributed by atoms with Crippen LogP contribution in [0.3, 0.4) is 0 Å². The van der Waals surface area contributed by atoms with E-state index in [0.717, 1.165) is 12.2 Å². The summed E-state index contributed by atoms with van der Waals surface area (Å²) in [4.78, 5) is 13.9. The second-order valence-electron chi connectivity index (χ2n) is 4.54. The molecule has 1 amide bonds. The van der Waals surface area contributed by atoms with Crippen molar-refractivity contribution in [2.24, 2.45) is 0 Å². The first-order valence-corrected chi connectivity index (χ1v) is 6.57. The first-order chi connectivity index (χ1) is 9.20. The van der Waals surface area contributed by atoms with Crippen molar-refractivity contribution in [1.29, 1.82) is 0 Å². The maximum Gasteiger partial charge on any atom is 0.228 e. The van der Waals surface area contributed by atoms with Crippen LogP contribution in [0.2, 0.25) is 0 Å². The van der Waals surface area contributed by atoms with Crippen LogP contribution in [0.25, 0.3) is 0 Å². The van der Waals surface area contributed by atoms with Gasteiger partial charge in [-0.25, -0.2) is 4.39 Å². The monoisotopic (exact) mass is 302 g/mol. The van der Waals surface area contributed by atoms with Crippen molar-refractivity contribution in [2.75, 3.05) is 31.2 Å². The fourth-order valence-electron chi connectivity index (χ4n) is 2.20. The summed E-state index contributed by atoms with van der Waals surface area (Å²) in [5, 5.41) is 3.26. The molecule has 0 saturated carbocycles. The highest BCUT2D eigenvalue weighted by atomic mass is 35.5. The zero-order valence-corrected chi connectivity index (χ0v) is 12.3. The molecule has 0 aromatic heterocycles. The molecule has 1 aliphatic heterocycles. The Balaban J connectivity index is 0.00000200. The van der Waals surface area contributed by atoms with Crippen LogP contribution in [0.15, 0.2) is 24.3 Å².